The summed E-state index contributed by atoms with van der Waals surface area (Å²) in [7, 11) is 1.74. The van der Waals surface area contributed by atoms with Crippen LogP contribution in [0, 0.1) is 0 Å². The zero-order valence-electron chi connectivity index (χ0n) is 10.8. The molecule has 1 N–H and O–H groups in total. The zero-order chi connectivity index (χ0) is 12.0. The van der Waals surface area contributed by atoms with Crippen LogP contribution in [0.15, 0.2) is 30.3 Å². The molecule has 2 heteroatoms. The quantitative estimate of drug-likeness (QED) is 0.797. The fourth-order valence-electron chi connectivity index (χ4n) is 1.74. The summed E-state index contributed by atoms with van der Waals surface area (Å²) in [5.41, 5.74) is 1.42. The SMILES string of the molecule is COCC(C)(C)NCC(C)c1ccccc1. The van der Waals surface area contributed by atoms with E-state index < -0.39 is 0 Å². The van der Waals surface area contributed by atoms with Gasteiger partial charge in [-0.15, -0.1) is 0 Å². The normalized spacial score (nSPS) is 13.8. The molecule has 0 aliphatic carbocycles. The Bertz CT molecular complexity index is 295. The molecule has 1 aromatic carbocycles. The van der Waals surface area contributed by atoms with E-state index in [2.05, 4.69) is 56.4 Å². The molecule has 90 valence electrons. The van der Waals surface area contributed by atoms with E-state index in [-0.39, 0.29) is 5.54 Å². The first-order chi connectivity index (χ1) is 7.55. The lowest BCUT2D eigenvalue weighted by atomic mass is 9.99. The number of nitrogens with one attached hydrogen (secondary N) is 1. The van der Waals surface area contributed by atoms with Crippen molar-refractivity contribution in [3.63, 3.8) is 0 Å². The van der Waals surface area contributed by atoms with Crippen LogP contribution in [0.2, 0.25) is 0 Å². The molecule has 0 saturated heterocycles. The van der Waals surface area contributed by atoms with Crippen LogP contribution in [0.3, 0.4) is 0 Å². The van der Waals surface area contributed by atoms with Gasteiger partial charge in [-0.05, 0) is 25.3 Å². The molecular formula is C14H23NO. The van der Waals surface area contributed by atoms with Gasteiger partial charge in [0, 0.05) is 19.2 Å². The Morgan fingerprint density at radius 3 is 2.44 bits per heavy atom. The van der Waals surface area contributed by atoms with Gasteiger partial charge in [0.15, 0.2) is 0 Å². The minimum atomic E-state index is 0.0395. The maximum absolute atomic E-state index is 5.18. The average molecular weight is 221 g/mol. The Hall–Kier alpha value is -0.860. The van der Waals surface area contributed by atoms with Crippen LogP contribution in [-0.4, -0.2) is 25.8 Å². The van der Waals surface area contributed by atoms with E-state index in [0.29, 0.717) is 5.92 Å². The first-order valence-corrected chi connectivity index (χ1v) is 5.84. The predicted octanol–water partition coefficient (Wildman–Crippen LogP) is 2.80. The molecule has 1 rings (SSSR count). The molecule has 1 atom stereocenters. The molecule has 1 unspecified atom stereocenters. The lowest BCUT2D eigenvalue weighted by Crippen LogP contribution is -2.44. The summed E-state index contributed by atoms with van der Waals surface area (Å²) in [4.78, 5) is 0. The Morgan fingerprint density at radius 2 is 1.88 bits per heavy atom. The van der Waals surface area contributed by atoms with Crippen LogP contribution in [0.4, 0.5) is 0 Å². The summed E-state index contributed by atoms with van der Waals surface area (Å²) < 4.78 is 5.18. The third-order valence-corrected chi connectivity index (χ3v) is 2.76. The summed E-state index contributed by atoms with van der Waals surface area (Å²) >= 11 is 0. The van der Waals surface area contributed by atoms with Gasteiger partial charge in [0.1, 0.15) is 0 Å². The van der Waals surface area contributed by atoms with E-state index >= 15 is 0 Å². The number of rotatable bonds is 6. The first-order valence-electron chi connectivity index (χ1n) is 5.84. The van der Waals surface area contributed by atoms with Crippen molar-refractivity contribution in [1.82, 2.24) is 5.32 Å². The number of hydrogen-bond donors (Lipinski definition) is 1. The summed E-state index contributed by atoms with van der Waals surface area (Å²) in [6.45, 7) is 8.27. The average Bonchev–Trinajstić information content (AvgIpc) is 2.27. The fourth-order valence-corrected chi connectivity index (χ4v) is 1.74. The van der Waals surface area contributed by atoms with Gasteiger partial charge in [-0.3, -0.25) is 0 Å². The second-order valence-electron chi connectivity index (χ2n) is 5.01. The van der Waals surface area contributed by atoms with E-state index in [9.17, 15) is 0 Å². The van der Waals surface area contributed by atoms with Crippen LogP contribution >= 0.6 is 0 Å². The molecule has 2 nitrogen and oxygen atoms in total. The van der Waals surface area contributed by atoms with Gasteiger partial charge in [0.05, 0.1) is 6.61 Å². The second-order valence-corrected chi connectivity index (χ2v) is 5.01. The van der Waals surface area contributed by atoms with E-state index in [1.807, 2.05) is 0 Å². The molecule has 0 heterocycles. The van der Waals surface area contributed by atoms with Crippen molar-refractivity contribution < 1.29 is 4.74 Å². The molecule has 0 aliphatic rings. The third kappa shape index (κ3) is 4.33. The van der Waals surface area contributed by atoms with Gasteiger partial charge < -0.3 is 10.1 Å². The highest BCUT2D eigenvalue weighted by molar-refractivity contribution is 5.19. The van der Waals surface area contributed by atoms with Gasteiger partial charge in [0.25, 0.3) is 0 Å². The monoisotopic (exact) mass is 221 g/mol. The minimum Gasteiger partial charge on any atom is -0.383 e. The largest absolute Gasteiger partial charge is 0.383 e. The van der Waals surface area contributed by atoms with Gasteiger partial charge in [-0.25, -0.2) is 0 Å². The second kappa shape index (κ2) is 6.02. The van der Waals surface area contributed by atoms with E-state index in [0.717, 1.165) is 13.2 Å². The van der Waals surface area contributed by atoms with Crippen molar-refractivity contribution in [2.24, 2.45) is 0 Å². The third-order valence-electron chi connectivity index (χ3n) is 2.76. The van der Waals surface area contributed by atoms with Crippen LogP contribution in [0.1, 0.15) is 32.3 Å². The maximum atomic E-state index is 5.18. The number of methoxy groups -OCH3 is 1. The van der Waals surface area contributed by atoms with E-state index in [1.165, 1.54) is 5.56 Å². The lowest BCUT2D eigenvalue weighted by molar-refractivity contribution is 0.128. The van der Waals surface area contributed by atoms with Crippen LogP contribution in [-0.2, 0) is 4.74 Å². The van der Waals surface area contributed by atoms with Gasteiger partial charge in [0.2, 0.25) is 0 Å². The van der Waals surface area contributed by atoms with Crippen LogP contribution in [0.25, 0.3) is 0 Å². The molecule has 0 aliphatic heterocycles. The van der Waals surface area contributed by atoms with Crippen molar-refractivity contribution in [3.8, 4) is 0 Å². The summed E-state index contributed by atoms with van der Waals surface area (Å²) in [5.74, 6) is 0.525. The Labute approximate surface area is 99.0 Å². The highest BCUT2D eigenvalue weighted by atomic mass is 16.5. The molecule has 0 bridgehead atoms. The molecule has 0 fully saturated rings. The lowest BCUT2D eigenvalue weighted by Gasteiger charge is -2.27. The van der Waals surface area contributed by atoms with Crippen molar-refractivity contribution in [2.75, 3.05) is 20.3 Å². The van der Waals surface area contributed by atoms with Crippen LogP contribution in [0.5, 0.6) is 0 Å². The Balaban J connectivity index is 2.44. The molecule has 0 radical (unpaired) electrons. The molecule has 0 aromatic heterocycles. The van der Waals surface area contributed by atoms with Crippen molar-refractivity contribution in [1.29, 1.82) is 0 Å². The van der Waals surface area contributed by atoms with Gasteiger partial charge in [-0.2, -0.15) is 0 Å². The van der Waals surface area contributed by atoms with E-state index in [4.69, 9.17) is 4.74 Å². The smallest absolute Gasteiger partial charge is 0.0639 e. The maximum Gasteiger partial charge on any atom is 0.0639 e. The van der Waals surface area contributed by atoms with Crippen molar-refractivity contribution in [3.05, 3.63) is 35.9 Å². The summed E-state index contributed by atoms with van der Waals surface area (Å²) in [5, 5.41) is 3.53. The van der Waals surface area contributed by atoms with Crippen LogP contribution < -0.4 is 5.32 Å². The highest BCUT2D eigenvalue weighted by Gasteiger charge is 2.17. The Kier molecular flexibility index (Phi) is 4.97. The molecular weight excluding hydrogens is 198 g/mol. The highest BCUT2D eigenvalue weighted by Crippen LogP contribution is 2.14. The summed E-state index contributed by atoms with van der Waals surface area (Å²) in [6.07, 6.45) is 0. The topological polar surface area (TPSA) is 21.3 Å². The van der Waals surface area contributed by atoms with Gasteiger partial charge in [-0.1, -0.05) is 37.3 Å². The number of benzene rings is 1. The molecule has 0 amide bonds. The molecule has 0 saturated carbocycles. The van der Waals surface area contributed by atoms with Gasteiger partial charge >= 0.3 is 0 Å². The molecule has 16 heavy (non-hydrogen) atoms. The predicted molar refractivity (Wildman–Crippen MR) is 68.8 cm³/mol. The van der Waals surface area contributed by atoms with Crippen molar-refractivity contribution in [2.45, 2.75) is 32.2 Å². The summed E-state index contributed by atoms with van der Waals surface area (Å²) in [6, 6.07) is 10.6. The Morgan fingerprint density at radius 1 is 1.25 bits per heavy atom. The zero-order valence-corrected chi connectivity index (χ0v) is 10.8. The minimum absolute atomic E-state index is 0.0395. The number of ether oxygens (including phenoxy) is 1. The number of hydrogen-bond acceptors (Lipinski definition) is 2. The standard InChI is InChI=1S/C14H23NO/c1-12(13-8-6-5-7-9-13)10-15-14(2,3)11-16-4/h5-9,12,15H,10-11H2,1-4H3. The molecule has 0 spiro atoms. The first kappa shape index (κ1) is 13.2. The molecule has 1 aromatic rings. The fraction of sp³-hybridized carbons (Fsp3) is 0.571. The van der Waals surface area contributed by atoms with Crippen molar-refractivity contribution >= 4 is 0 Å². The van der Waals surface area contributed by atoms with E-state index in [1.54, 1.807) is 7.11 Å².